The standard InChI is InChI=1S/C13H19N3O3/c1-8(2)16-7-14-6-10(16)12-9(13(18)19)4-5-11(17)15(12)3/h6-9,12H,4-5H2,1-3H3,(H,18,19). The van der Waals surface area contributed by atoms with Gasteiger partial charge in [0.1, 0.15) is 0 Å². The maximum Gasteiger partial charge on any atom is 0.309 e. The molecule has 0 bridgehead atoms. The molecule has 0 radical (unpaired) electrons. The van der Waals surface area contributed by atoms with Crippen molar-refractivity contribution >= 4 is 11.9 Å². The molecule has 1 saturated heterocycles. The molecule has 19 heavy (non-hydrogen) atoms. The number of carboxylic acids is 1. The van der Waals surface area contributed by atoms with Crippen molar-refractivity contribution < 1.29 is 14.7 Å². The third-order valence-electron chi connectivity index (χ3n) is 3.73. The molecule has 2 rings (SSSR count). The second-order valence-corrected chi connectivity index (χ2v) is 5.25. The zero-order valence-corrected chi connectivity index (χ0v) is 11.4. The fourth-order valence-electron chi connectivity index (χ4n) is 2.68. The van der Waals surface area contributed by atoms with Crippen LogP contribution in [0.3, 0.4) is 0 Å². The van der Waals surface area contributed by atoms with E-state index in [1.54, 1.807) is 19.6 Å². The normalized spacial score (nSPS) is 24.0. The molecule has 1 aromatic heterocycles. The number of amides is 1. The third-order valence-corrected chi connectivity index (χ3v) is 3.73. The van der Waals surface area contributed by atoms with Gasteiger partial charge in [-0.25, -0.2) is 4.98 Å². The van der Waals surface area contributed by atoms with E-state index in [-0.39, 0.29) is 11.9 Å². The number of imidazole rings is 1. The fourth-order valence-corrected chi connectivity index (χ4v) is 2.68. The maximum atomic E-state index is 11.9. The molecule has 2 unspecified atom stereocenters. The van der Waals surface area contributed by atoms with E-state index < -0.39 is 17.9 Å². The number of nitrogens with zero attached hydrogens (tertiary/aromatic N) is 3. The van der Waals surface area contributed by atoms with Crippen molar-refractivity contribution in [3.8, 4) is 0 Å². The van der Waals surface area contributed by atoms with Crippen molar-refractivity contribution in [1.29, 1.82) is 0 Å². The summed E-state index contributed by atoms with van der Waals surface area (Å²) in [5.74, 6) is -1.45. The number of rotatable bonds is 3. The van der Waals surface area contributed by atoms with E-state index in [1.165, 1.54) is 4.90 Å². The van der Waals surface area contributed by atoms with Gasteiger partial charge in [-0.2, -0.15) is 0 Å². The summed E-state index contributed by atoms with van der Waals surface area (Å²) in [5, 5.41) is 9.37. The minimum atomic E-state index is -0.860. The first-order valence-electron chi connectivity index (χ1n) is 6.43. The maximum absolute atomic E-state index is 11.9. The topological polar surface area (TPSA) is 75.4 Å². The molecule has 6 heteroatoms. The van der Waals surface area contributed by atoms with Crippen LogP contribution >= 0.6 is 0 Å². The van der Waals surface area contributed by atoms with Gasteiger partial charge in [-0.15, -0.1) is 0 Å². The Hall–Kier alpha value is -1.85. The molecule has 2 atom stereocenters. The first kappa shape index (κ1) is 13.6. The van der Waals surface area contributed by atoms with Crippen molar-refractivity contribution in [3.63, 3.8) is 0 Å². The molecule has 0 aromatic carbocycles. The Morgan fingerprint density at radius 2 is 2.21 bits per heavy atom. The van der Waals surface area contributed by atoms with E-state index in [4.69, 9.17) is 0 Å². The summed E-state index contributed by atoms with van der Waals surface area (Å²) in [6.45, 7) is 4.01. The van der Waals surface area contributed by atoms with E-state index >= 15 is 0 Å². The van der Waals surface area contributed by atoms with Crippen LogP contribution in [0.4, 0.5) is 0 Å². The summed E-state index contributed by atoms with van der Waals surface area (Å²) >= 11 is 0. The van der Waals surface area contributed by atoms with Gasteiger partial charge in [0.2, 0.25) is 5.91 Å². The summed E-state index contributed by atoms with van der Waals surface area (Å²) in [4.78, 5) is 28.9. The summed E-state index contributed by atoms with van der Waals surface area (Å²) in [5.41, 5.74) is 0.790. The predicted molar refractivity (Wildman–Crippen MR) is 68.5 cm³/mol. The lowest BCUT2D eigenvalue weighted by atomic mass is 9.87. The van der Waals surface area contributed by atoms with Crippen LogP contribution in [0.15, 0.2) is 12.5 Å². The average Bonchev–Trinajstić information content (AvgIpc) is 2.80. The largest absolute Gasteiger partial charge is 0.481 e. The predicted octanol–water partition coefficient (Wildman–Crippen LogP) is 1.46. The number of hydrogen-bond acceptors (Lipinski definition) is 3. The quantitative estimate of drug-likeness (QED) is 0.897. The highest BCUT2D eigenvalue weighted by Gasteiger charge is 2.40. The lowest BCUT2D eigenvalue weighted by molar-refractivity contribution is -0.151. The van der Waals surface area contributed by atoms with Crippen LogP contribution in [0, 0.1) is 5.92 Å². The van der Waals surface area contributed by atoms with Crippen LogP contribution in [-0.4, -0.2) is 38.5 Å². The van der Waals surface area contributed by atoms with Crippen LogP contribution in [0.25, 0.3) is 0 Å². The summed E-state index contributed by atoms with van der Waals surface area (Å²) in [7, 11) is 1.67. The molecule has 1 aromatic rings. The highest BCUT2D eigenvalue weighted by Crippen LogP contribution is 2.36. The molecule has 6 nitrogen and oxygen atoms in total. The molecule has 1 fully saturated rings. The van der Waals surface area contributed by atoms with Crippen LogP contribution in [-0.2, 0) is 9.59 Å². The molecular weight excluding hydrogens is 246 g/mol. The minimum Gasteiger partial charge on any atom is -0.481 e. The van der Waals surface area contributed by atoms with Gasteiger partial charge in [-0.3, -0.25) is 9.59 Å². The SMILES string of the molecule is CC(C)n1cncc1C1C(C(=O)O)CCC(=O)N1C. The van der Waals surface area contributed by atoms with Crippen LogP contribution in [0.5, 0.6) is 0 Å². The number of piperidine rings is 1. The number of aromatic nitrogens is 2. The molecule has 1 aliphatic heterocycles. The lowest BCUT2D eigenvalue weighted by Gasteiger charge is -2.37. The van der Waals surface area contributed by atoms with Crippen LogP contribution in [0.2, 0.25) is 0 Å². The average molecular weight is 265 g/mol. The Labute approximate surface area is 112 Å². The lowest BCUT2D eigenvalue weighted by Crippen LogP contribution is -2.43. The van der Waals surface area contributed by atoms with Gasteiger partial charge in [0.15, 0.2) is 0 Å². The number of carbonyl (C=O) groups is 2. The second-order valence-electron chi connectivity index (χ2n) is 5.25. The van der Waals surface area contributed by atoms with Gasteiger partial charge in [0.25, 0.3) is 0 Å². The van der Waals surface area contributed by atoms with Gasteiger partial charge < -0.3 is 14.6 Å². The van der Waals surface area contributed by atoms with Crippen LogP contribution < -0.4 is 0 Å². The van der Waals surface area contributed by atoms with Crippen molar-refractivity contribution in [2.24, 2.45) is 5.92 Å². The van der Waals surface area contributed by atoms with E-state index in [9.17, 15) is 14.7 Å². The van der Waals surface area contributed by atoms with E-state index in [1.807, 2.05) is 18.4 Å². The molecule has 0 saturated carbocycles. The Kier molecular flexibility index (Phi) is 3.59. The monoisotopic (exact) mass is 265 g/mol. The summed E-state index contributed by atoms with van der Waals surface area (Å²) in [6, 6.07) is -0.263. The number of hydrogen-bond donors (Lipinski definition) is 1. The van der Waals surface area contributed by atoms with Crippen molar-refractivity contribution in [1.82, 2.24) is 14.5 Å². The second kappa shape index (κ2) is 5.03. The number of likely N-dealkylation sites (tertiary alicyclic amines) is 1. The van der Waals surface area contributed by atoms with Crippen LogP contribution in [0.1, 0.15) is 44.5 Å². The Balaban J connectivity index is 2.44. The fraction of sp³-hybridized carbons (Fsp3) is 0.615. The Bertz CT molecular complexity index is 495. The first-order valence-corrected chi connectivity index (χ1v) is 6.43. The van der Waals surface area contributed by atoms with Gasteiger partial charge in [0, 0.05) is 19.5 Å². The zero-order valence-electron chi connectivity index (χ0n) is 11.4. The molecule has 1 amide bonds. The summed E-state index contributed by atoms with van der Waals surface area (Å²) < 4.78 is 1.93. The summed E-state index contributed by atoms with van der Waals surface area (Å²) in [6.07, 6.45) is 4.02. The van der Waals surface area contributed by atoms with Crippen molar-refractivity contribution in [2.75, 3.05) is 7.05 Å². The molecule has 1 aliphatic rings. The highest BCUT2D eigenvalue weighted by molar-refractivity contribution is 5.81. The van der Waals surface area contributed by atoms with Crippen molar-refractivity contribution in [3.05, 3.63) is 18.2 Å². The van der Waals surface area contributed by atoms with E-state index in [0.717, 1.165) is 5.69 Å². The van der Waals surface area contributed by atoms with Gasteiger partial charge in [0.05, 0.1) is 30.2 Å². The Morgan fingerprint density at radius 1 is 1.53 bits per heavy atom. The van der Waals surface area contributed by atoms with E-state index in [0.29, 0.717) is 12.8 Å². The number of carbonyl (C=O) groups excluding carboxylic acids is 1. The number of carboxylic acid groups (broad SMARTS) is 1. The third kappa shape index (κ3) is 2.34. The Morgan fingerprint density at radius 3 is 2.79 bits per heavy atom. The van der Waals surface area contributed by atoms with Crippen molar-refractivity contribution in [2.45, 2.75) is 38.8 Å². The zero-order chi connectivity index (χ0) is 14.2. The molecule has 0 aliphatic carbocycles. The molecule has 1 N–H and O–H groups in total. The molecule has 2 heterocycles. The molecule has 0 spiro atoms. The van der Waals surface area contributed by atoms with Gasteiger partial charge >= 0.3 is 5.97 Å². The molecule has 104 valence electrons. The van der Waals surface area contributed by atoms with E-state index in [2.05, 4.69) is 4.98 Å². The minimum absolute atomic E-state index is 0.0148. The first-order chi connectivity index (χ1) is 8.93. The highest BCUT2D eigenvalue weighted by atomic mass is 16.4. The van der Waals surface area contributed by atoms with Gasteiger partial charge in [-0.1, -0.05) is 0 Å². The van der Waals surface area contributed by atoms with Gasteiger partial charge in [-0.05, 0) is 20.3 Å². The smallest absolute Gasteiger partial charge is 0.309 e. The number of aliphatic carboxylic acids is 1. The molecular formula is C13H19N3O3.